The number of hydrogen-bond donors (Lipinski definition) is 1. The molecule has 1 aromatic rings. The van der Waals surface area contributed by atoms with Gasteiger partial charge in [-0.2, -0.15) is 0 Å². The Bertz CT molecular complexity index is 238. The Morgan fingerprint density at radius 1 is 1.30 bits per heavy atom. The smallest absolute Gasteiger partial charge is 0.00563 e. The number of nitrogens with two attached hydrogens (primary N) is 1. The second-order valence-corrected chi connectivity index (χ2v) is 2.22. The van der Waals surface area contributed by atoms with Gasteiger partial charge in [-0.1, -0.05) is 24.3 Å². The van der Waals surface area contributed by atoms with Crippen molar-refractivity contribution >= 4 is 6.08 Å². The molecule has 2 N–H and O–H groups in total. The van der Waals surface area contributed by atoms with Crippen molar-refractivity contribution < 1.29 is 0 Å². The quantitative estimate of drug-likeness (QED) is 0.622. The van der Waals surface area contributed by atoms with Gasteiger partial charge in [0.15, 0.2) is 0 Å². The molecule has 0 heterocycles. The predicted molar refractivity (Wildman–Crippen MR) is 44.4 cm³/mol. The zero-order valence-electron chi connectivity index (χ0n) is 6.04. The summed E-state index contributed by atoms with van der Waals surface area (Å²) < 4.78 is 0. The fraction of sp³-hybridized carbons (Fsp3) is 0.111. The number of rotatable bonds is 1. The van der Waals surface area contributed by atoms with Crippen LogP contribution in [0.3, 0.4) is 0 Å². The topological polar surface area (TPSA) is 26.0 Å². The maximum atomic E-state index is 5.25. The van der Waals surface area contributed by atoms with Crippen molar-refractivity contribution in [2.75, 3.05) is 0 Å². The first-order valence-corrected chi connectivity index (χ1v) is 3.28. The number of aryl methyl sites for hydroxylation is 1. The summed E-state index contributed by atoms with van der Waals surface area (Å²) in [5.41, 5.74) is 7.69. The Kier molecular flexibility index (Phi) is 2.11. The highest BCUT2D eigenvalue weighted by Crippen LogP contribution is 2.07. The van der Waals surface area contributed by atoms with Gasteiger partial charge in [0.25, 0.3) is 0 Å². The first kappa shape index (κ1) is 6.87. The SMILES string of the molecule is Cc1ccccc1/C=C\N. The van der Waals surface area contributed by atoms with Crippen LogP contribution < -0.4 is 5.73 Å². The second kappa shape index (κ2) is 3.06. The zero-order valence-corrected chi connectivity index (χ0v) is 6.04. The Balaban J connectivity index is 3.03. The van der Waals surface area contributed by atoms with Gasteiger partial charge in [-0.3, -0.25) is 0 Å². The Morgan fingerprint density at radius 2 is 2.00 bits per heavy atom. The molecule has 1 rings (SSSR count). The van der Waals surface area contributed by atoms with Crippen LogP contribution in [0.2, 0.25) is 0 Å². The van der Waals surface area contributed by atoms with E-state index in [4.69, 9.17) is 5.73 Å². The van der Waals surface area contributed by atoms with Gasteiger partial charge in [0.2, 0.25) is 0 Å². The van der Waals surface area contributed by atoms with Gasteiger partial charge in [-0.25, -0.2) is 0 Å². The monoisotopic (exact) mass is 133 g/mol. The Labute approximate surface area is 61.2 Å². The molecule has 0 aliphatic heterocycles. The van der Waals surface area contributed by atoms with Crippen LogP contribution in [-0.4, -0.2) is 0 Å². The van der Waals surface area contributed by atoms with E-state index >= 15 is 0 Å². The minimum absolute atomic E-state index is 1.19. The van der Waals surface area contributed by atoms with Gasteiger partial charge in [0, 0.05) is 0 Å². The van der Waals surface area contributed by atoms with Crippen molar-refractivity contribution in [1.29, 1.82) is 0 Å². The van der Waals surface area contributed by atoms with E-state index in [1.165, 1.54) is 11.1 Å². The highest BCUT2D eigenvalue weighted by molar-refractivity contribution is 5.52. The van der Waals surface area contributed by atoms with Crippen molar-refractivity contribution in [1.82, 2.24) is 0 Å². The molecule has 0 unspecified atom stereocenters. The van der Waals surface area contributed by atoms with Crippen LogP contribution in [0.4, 0.5) is 0 Å². The van der Waals surface area contributed by atoms with E-state index in [0.29, 0.717) is 0 Å². The van der Waals surface area contributed by atoms with Gasteiger partial charge in [-0.15, -0.1) is 0 Å². The van der Waals surface area contributed by atoms with E-state index in [-0.39, 0.29) is 0 Å². The van der Waals surface area contributed by atoms with E-state index in [9.17, 15) is 0 Å². The zero-order chi connectivity index (χ0) is 7.40. The second-order valence-electron chi connectivity index (χ2n) is 2.22. The third kappa shape index (κ3) is 1.38. The number of hydrogen-bond acceptors (Lipinski definition) is 1. The summed E-state index contributed by atoms with van der Waals surface area (Å²) in [5.74, 6) is 0. The van der Waals surface area contributed by atoms with Crippen LogP contribution in [0, 0.1) is 6.92 Å². The minimum Gasteiger partial charge on any atom is -0.405 e. The van der Waals surface area contributed by atoms with Crippen LogP contribution in [0.1, 0.15) is 11.1 Å². The van der Waals surface area contributed by atoms with E-state index in [2.05, 4.69) is 13.0 Å². The van der Waals surface area contributed by atoms with Crippen LogP contribution in [0.15, 0.2) is 30.5 Å². The molecular weight excluding hydrogens is 122 g/mol. The molecular formula is C9H11N. The predicted octanol–water partition coefficient (Wildman–Crippen LogP) is 1.92. The lowest BCUT2D eigenvalue weighted by molar-refractivity contribution is 1.44. The molecule has 0 aromatic heterocycles. The van der Waals surface area contributed by atoms with E-state index < -0.39 is 0 Å². The summed E-state index contributed by atoms with van der Waals surface area (Å²) in [5, 5.41) is 0. The molecule has 0 bridgehead atoms. The number of benzene rings is 1. The molecule has 0 saturated carbocycles. The van der Waals surface area contributed by atoms with Gasteiger partial charge >= 0.3 is 0 Å². The average Bonchev–Trinajstić information content (AvgIpc) is 1.94. The molecule has 0 aliphatic rings. The molecule has 10 heavy (non-hydrogen) atoms. The van der Waals surface area contributed by atoms with Crippen molar-refractivity contribution in [3.8, 4) is 0 Å². The van der Waals surface area contributed by atoms with Crippen molar-refractivity contribution in [2.45, 2.75) is 6.92 Å². The highest BCUT2D eigenvalue weighted by atomic mass is 14.5. The summed E-state index contributed by atoms with van der Waals surface area (Å²) in [6.07, 6.45) is 3.46. The lowest BCUT2D eigenvalue weighted by Crippen LogP contribution is -1.80. The van der Waals surface area contributed by atoms with E-state index in [0.717, 1.165) is 0 Å². The molecule has 0 spiro atoms. The third-order valence-electron chi connectivity index (χ3n) is 1.46. The standard InChI is InChI=1S/C9H11N/c1-8-4-2-3-5-9(8)6-7-10/h2-7H,10H2,1H3/b7-6-. The molecule has 52 valence electrons. The maximum absolute atomic E-state index is 5.25. The lowest BCUT2D eigenvalue weighted by Gasteiger charge is -1.96. The molecule has 1 nitrogen and oxygen atoms in total. The highest BCUT2D eigenvalue weighted by Gasteiger charge is 1.88. The summed E-state index contributed by atoms with van der Waals surface area (Å²) in [7, 11) is 0. The van der Waals surface area contributed by atoms with Crippen molar-refractivity contribution in [2.24, 2.45) is 5.73 Å². The largest absolute Gasteiger partial charge is 0.405 e. The molecule has 0 atom stereocenters. The average molecular weight is 133 g/mol. The van der Waals surface area contributed by atoms with Gasteiger partial charge < -0.3 is 5.73 Å². The first-order valence-electron chi connectivity index (χ1n) is 3.28. The lowest BCUT2D eigenvalue weighted by atomic mass is 10.1. The Hall–Kier alpha value is -1.24. The molecule has 1 aromatic carbocycles. The molecule has 0 saturated heterocycles. The van der Waals surface area contributed by atoms with Crippen LogP contribution in [-0.2, 0) is 0 Å². The molecule has 0 fully saturated rings. The third-order valence-corrected chi connectivity index (χ3v) is 1.46. The van der Waals surface area contributed by atoms with Crippen LogP contribution in [0.25, 0.3) is 6.08 Å². The fourth-order valence-electron chi connectivity index (χ4n) is 0.877. The molecule has 0 aliphatic carbocycles. The Morgan fingerprint density at radius 3 is 2.60 bits per heavy atom. The molecule has 0 amide bonds. The summed E-state index contributed by atoms with van der Waals surface area (Å²) in [6.45, 7) is 2.06. The summed E-state index contributed by atoms with van der Waals surface area (Å²) >= 11 is 0. The molecule has 0 radical (unpaired) electrons. The van der Waals surface area contributed by atoms with E-state index in [1.54, 1.807) is 6.20 Å². The van der Waals surface area contributed by atoms with Gasteiger partial charge in [0.05, 0.1) is 0 Å². The van der Waals surface area contributed by atoms with E-state index in [1.807, 2.05) is 24.3 Å². The van der Waals surface area contributed by atoms with Gasteiger partial charge in [-0.05, 0) is 30.3 Å². The minimum atomic E-state index is 1.19. The summed E-state index contributed by atoms with van der Waals surface area (Å²) in [6, 6.07) is 8.12. The maximum Gasteiger partial charge on any atom is -0.00563 e. The van der Waals surface area contributed by atoms with Crippen molar-refractivity contribution in [3.05, 3.63) is 41.6 Å². The molecule has 1 heteroatoms. The summed E-state index contributed by atoms with van der Waals surface area (Å²) in [4.78, 5) is 0. The fourth-order valence-corrected chi connectivity index (χ4v) is 0.877. The van der Waals surface area contributed by atoms with Crippen LogP contribution in [0.5, 0.6) is 0 Å². The van der Waals surface area contributed by atoms with Crippen LogP contribution >= 0.6 is 0 Å². The van der Waals surface area contributed by atoms with Gasteiger partial charge in [0.1, 0.15) is 0 Å². The van der Waals surface area contributed by atoms with Crippen molar-refractivity contribution in [3.63, 3.8) is 0 Å². The first-order chi connectivity index (χ1) is 4.84. The normalized spacial score (nSPS) is 10.5.